The highest BCUT2D eigenvalue weighted by Gasteiger charge is 2.12. The van der Waals surface area contributed by atoms with Gasteiger partial charge in [-0.1, -0.05) is 40.9 Å². The highest BCUT2D eigenvalue weighted by molar-refractivity contribution is 6.38. The lowest BCUT2D eigenvalue weighted by Crippen LogP contribution is -1.89. The third-order valence-corrected chi connectivity index (χ3v) is 3.25. The van der Waals surface area contributed by atoms with Gasteiger partial charge in [0, 0.05) is 33.3 Å². The Kier molecular flexibility index (Phi) is 3.76. The van der Waals surface area contributed by atoms with Crippen LogP contribution in [0, 0.1) is 10.1 Å². The van der Waals surface area contributed by atoms with Crippen LogP contribution in [0.2, 0.25) is 15.1 Å². The van der Waals surface area contributed by atoms with Crippen molar-refractivity contribution in [2.24, 2.45) is 0 Å². The molecule has 0 radical (unpaired) electrons. The number of non-ortho nitro benzene ring substituents is 1. The van der Waals surface area contributed by atoms with Gasteiger partial charge in [-0.15, -0.1) is 0 Å². The van der Waals surface area contributed by atoms with Gasteiger partial charge in [0.25, 0.3) is 5.69 Å². The molecule has 0 aliphatic rings. The van der Waals surface area contributed by atoms with E-state index in [1.54, 1.807) is 24.3 Å². The summed E-state index contributed by atoms with van der Waals surface area (Å²) in [7, 11) is 0. The highest BCUT2D eigenvalue weighted by Crippen LogP contribution is 2.36. The molecular formula is C12H6Cl3NO2. The number of nitrogens with zero attached hydrogens (tertiary/aromatic N) is 1. The van der Waals surface area contributed by atoms with Gasteiger partial charge >= 0.3 is 0 Å². The lowest BCUT2D eigenvalue weighted by atomic mass is 10.1. The first-order valence-electron chi connectivity index (χ1n) is 4.88. The zero-order valence-electron chi connectivity index (χ0n) is 8.86. The molecule has 0 aliphatic carbocycles. The van der Waals surface area contributed by atoms with Crippen LogP contribution in [0.25, 0.3) is 11.1 Å². The fraction of sp³-hybridized carbons (Fsp3) is 0. The Bertz CT molecular complexity index is 629. The molecular weight excluding hydrogens is 296 g/mol. The Hall–Kier alpha value is -1.29. The first-order valence-corrected chi connectivity index (χ1v) is 6.02. The van der Waals surface area contributed by atoms with Crippen molar-refractivity contribution in [3.63, 3.8) is 0 Å². The summed E-state index contributed by atoms with van der Waals surface area (Å²) in [4.78, 5) is 10.1. The lowest BCUT2D eigenvalue weighted by Gasteiger charge is -2.07. The highest BCUT2D eigenvalue weighted by atomic mass is 35.5. The average Bonchev–Trinajstić information content (AvgIpc) is 2.30. The number of nitro benzene ring substituents is 1. The molecule has 0 saturated carbocycles. The molecule has 0 unspecified atom stereocenters. The van der Waals surface area contributed by atoms with Crippen molar-refractivity contribution in [3.05, 3.63) is 61.6 Å². The van der Waals surface area contributed by atoms with Gasteiger partial charge in [-0.2, -0.15) is 0 Å². The summed E-state index contributed by atoms with van der Waals surface area (Å²) in [6.45, 7) is 0. The van der Waals surface area contributed by atoms with Gasteiger partial charge < -0.3 is 0 Å². The number of benzene rings is 2. The number of halogens is 3. The van der Waals surface area contributed by atoms with Crippen LogP contribution in [0.4, 0.5) is 5.69 Å². The quantitative estimate of drug-likeness (QED) is 0.563. The van der Waals surface area contributed by atoms with Crippen molar-refractivity contribution >= 4 is 40.5 Å². The summed E-state index contributed by atoms with van der Waals surface area (Å²) in [5.41, 5.74) is 1.25. The maximum Gasteiger partial charge on any atom is 0.270 e. The van der Waals surface area contributed by atoms with Gasteiger partial charge in [0.1, 0.15) is 0 Å². The molecule has 6 heteroatoms. The molecule has 0 aliphatic heterocycles. The maximum absolute atomic E-state index is 10.6. The number of nitro groups is 1. The van der Waals surface area contributed by atoms with Crippen molar-refractivity contribution in [1.29, 1.82) is 0 Å². The van der Waals surface area contributed by atoms with Gasteiger partial charge in [0.05, 0.1) is 9.95 Å². The molecule has 2 aromatic carbocycles. The molecule has 0 heterocycles. The molecule has 0 spiro atoms. The average molecular weight is 303 g/mol. The zero-order chi connectivity index (χ0) is 13.3. The Morgan fingerprint density at radius 1 is 0.889 bits per heavy atom. The molecule has 3 nitrogen and oxygen atoms in total. The van der Waals surface area contributed by atoms with Gasteiger partial charge in [0.15, 0.2) is 0 Å². The van der Waals surface area contributed by atoms with Gasteiger partial charge in [-0.05, 0) is 18.2 Å². The van der Waals surface area contributed by atoms with E-state index < -0.39 is 4.92 Å². The molecule has 2 rings (SSSR count). The third-order valence-electron chi connectivity index (χ3n) is 2.38. The monoisotopic (exact) mass is 301 g/mol. The first kappa shape index (κ1) is 13.1. The number of hydrogen-bond acceptors (Lipinski definition) is 2. The summed E-state index contributed by atoms with van der Waals surface area (Å²) in [5, 5.41) is 11.8. The Morgan fingerprint density at radius 3 is 1.94 bits per heavy atom. The van der Waals surface area contributed by atoms with Crippen LogP contribution in [-0.2, 0) is 0 Å². The van der Waals surface area contributed by atoms with Crippen molar-refractivity contribution < 1.29 is 4.92 Å². The molecule has 0 N–H and O–H groups in total. The summed E-state index contributed by atoms with van der Waals surface area (Å²) in [6.07, 6.45) is 0. The summed E-state index contributed by atoms with van der Waals surface area (Å²) >= 11 is 17.9. The van der Waals surface area contributed by atoms with E-state index >= 15 is 0 Å². The molecule has 0 aromatic heterocycles. The minimum absolute atomic E-state index is 0.0613. The van der Waals surface area contributed by atoms with Crippen molar-refractivity contribution in [2.45, 2.75) is 0 Å². The molecule has 0 bridgehead atoms. The van der Waals surface area contributed by atoms with Crippen LogP contribution in [-0.4, -0.2) is 4.92 Å². The summed E-state index contributed by atoms with van der Waals surface area (Å²) in [5.74, 6) is 0. The molecule has 18 heavy (non-hydrogen) atoms. The molecule has 92 valence electrons. The van der Waals surface area contributed by atoms with Crippen LogP contribution >= 0.6 is 34.8 Å². The largest absolute Gasteiger partial charge is 0.270 e. The number of rotatable bonds is 2. The van der Waals surface area contributed by atoms with E-state index in [1.165, 1.54) is 12.1 Å². The second-order valence-electron chi connectivity index (χ2n) is 3.55. The maximum atomic E-state index is 10.6. The Labute approximate surface area is 118 Å². The van der Waals surface area contributed by atoms with Crippen LogP contribution in [0.15, 0.2) is 36.4 Å². The SMILES string of the molecule is O=[N+]([O-])c1ccc(-c2ccc(Cl)cc2Cl)c(Cl)c1. The van der Waals surface area contributed by atoms with Gasteiger partial charge in [0.2, 0.25) is 0 Å². The predicted molar refractivity (Wildman–Crippen MR) is 73.6 cm³/mol. The van der Waals surface area contributed by atoms with E-state index in [1.807, 2.05) is 0 Å². The van der Waals surface area contributed by atoms with Crippen LogP contribution < -0.4 is 0 Å². The van der Waals surface area contributed by atoms with E-state index in [4.69, 9.17) is 34.8 Å². The minimum atomic E-state index is -0.501. The van der Waals surface area contributed by atoms with E-state index in [2.05, 4.69) is 0 Å². The van der Waals surface area contributed by atoms with E-state index in [-0.39, 0.29) is 10.7 Å². The van der Waals surface area contributed by atoms with Crippen molar-refractivity contribution in [3.8, 4) is 11.1 Å². The van der Waals surface area contributed by atoms with Gasteiger partial charge in [-0.3, -0.25) is 10.1 Å². The molecule has 0 saturated heterocycles. The second-order valence-corrected chi connectivity index (χ2v) is 4.80. The van der Waals surface area contributed by atoms with Gasteiger partial charge in [-0.25, -0.2) is 0 Å². The van der Waals surface area contributed by atoms with E-state index in [0.717, 1.165) is 0 Å². The minimum Gasteiger partial charge on any atom is -0.258 e. The smallest absolute Gasteiger partial charge is 0.258 e. The molecule has 0 atom stereocenters. The Balaban J connectivity index is 2.54. The van der Waals surface area contributed by atoms with Crippen LogP contribution in [0.5, 0.6) is 0 Å². The zero-order valence-corrected chi connectivity index (χ0v) is 11.1. The second kappa shape index (κ2) is 5.14. The van der Waals surface area contributed by atoms with E-state index in [0.29, 0.717) is 21.2 Å². The molecule has 0 fully saturated rings. The molecule has 2 aromatic rings. The first-order chi connectivity index (χ1) is 8.49. The van der Waals surface area contributed by atoms with Crippen LogP contribution in [0.1, 0.15) is 0 Å². The Morgan fingerprint density at radius 2 is 1.44 bits per heavy atom. The normalized spacial score (nSPS) is 10.4. The topological polar surface area (TPSA) is 43.1 Å². The standard InChI is InChI=1S/C12H6Cl3NO2/c13-7-1-3-9(11(14)5-7)10-4-2-8(16(17)18)6-12(10)15/h1-6H. The summed E-state index contributed by atoms with van der Waals surface area (Å²) < 4.78 is 0. The molecule has 0 amide bonds. The van der Waals surface area contributed by atoms with Crippen molar-refractivity contribution in [1.82, 2.24) is 0 Å². The number of hydrogen-bond donors (Lipinski definition) is 0. The summed E-state index contributed by atoms with van der Waals surface area (Å²) in [6, 6.07) is 9.23. The lowest BCUT2D eigenvalue weighted by molar-refractivity contribution is -0.384. The van der Waals surface area contributed by atoms with Crippen molar-refractivity contribution in [2.75, 3.05) is 0 Å². The fourth-order valence-corrected chi connectivity index (χ4v) is 2.33. The fourth-order valence-electron chi connectivity index (χ4n) is 1.54. The predicted octanol–water partition coefficient (Wildman–Crippen LogP) is 5.22. The van der Waals surface area contributed by atoms with Crippen LogP contribution in [0.3, 0.4) is 0 Å². The third kappa shape index (κ3) is 2.58. The van der Waals surface area contributed by atoms with E-state index in [9.17, 15) is 10.1 Å².